The van der Waals surface area contributed by atoms with Crippen LogP contribution in [0.25, 0.3) is 0 Å². The molecule has 0 N–H and O–H groups in total. The molecular weight excluding hydrogens is 126 g/mol. The van der Waals surface area contributed by atoms with Crippen LogP contribution in [0.2, 0.25) is 0 Å². The SMILES string of the molecule is CN(C)C.N#CCCC#N. The lowest BCUT2D eigenvalue weighted by molar-refractivity contribution is 0.505. The van der Waals surface area contributed by atoms with Gasteiger partial charge in [-0.05, 0) is 21.1 Å². The molecule has 3 heteroatoms. The van der Waals surface area contributed by atoms with Crippen molar-refractivity contribution in [2.45, 2.75) is 12.8 Å². The van der Waals surface area contributed by atoms with E-state index in [1.165, 1.54) is 0 Å². The van der Waals surface area contributed by atoms with Gasteiger partial charge in [0, 0.05) is 12.8 Å². The highest BCUT2D eigenvalue weighted by Gasteiger charge is 1.72. The van der Waals surface area contributed by atoms with Crippen LogP contribution in [-0.4, -0.2) is 26.0 Å². The van der Waals surface area contributed by atoms with Crippen molar-refractivity contribution in [2.24, 2.45) is 0 Å². The fourth-order valence-corrected chi connectivity index (χ4v) is 0.112. The molecule has 0 heterocycles. The number of unbranched alkanes of at least 4 members (excludes halogenated alkanes) is 1. The fraction of sp³-hybridized carbons (Fsp3) is 0.714. The molecule has 0 saturated carbocycles. The van der Waals surface area contributed by atoms with Crippen molar-refractivity contribution in [1.82, 2.24) is 4.90 Å². The third kappa shape index (κ3) is 65.1. The van der Waals surface area contributed by atoms with Crippen molar-refractivity contribution >= 4 is 0 Å². The zero-order chi connectivity index (χ0) is 8.41. The minimum atomic E-state index is 0.358. The standard InChI is InChI=1S/C4H4N2.C3H9N/c5-3-1-2-4-6;1-4(2)3/h1-2H2;1-3H3. The molecule has 3 nitrogen and oxygen atoms in total. The molecule has 0 spiro atoms. The lowest BCUT2D eigenvalue weighted by Gasteiger charge is -1.90. The van der Waals surface area contributed by atoms with Gasteiger partial charge in [0.15, 0.2) is 0 Å². The molecule has 0 unspecified atom stereocenters. The van der Waals surface area contributed by atoms with Gasteiger partial charge in [0.25, 0.3) is 0 Å². The Morgan fingerprint density at radius 3 is 1.30 bits per heavy atom. The Labute approximate surface area is 62.5 Å². The van der Waals surface area contributed by atoms with E-state index in [0.717, 1.165) is 0 Å². The van der Waals surface area contributed by atoms with E-state index < -0.39 is 0 Å². The average Bonchev–Trinajstić information content (AvgIpc) is 1.82. The van der Waals surface area contributed by atoms with Gasteiger partial charge in [0.05, 0.1) is 12.1 Å². The van der Waals surface area contributed by atoms with Crippen LogP contribution in [0.3, 0.4) is 0 Å². The van der Waals surface area contributed by atoms with Gasteiger partial charge in [-0.1, -0.05) is 0 Å². The summed E-state index contributed by atoms with van der Waals surface area (Å²) in [4.78, 5) is 2.00. The van der Waals surface area contributed by atoms with Crippen LogP contribution in [0.5, 0.6) is 0 Å². The first-order valence-corrected chi connectivity index (χ1v) is 3.00. The zero-order valence-electron chi connectivity index (χ0n) is 6.76. The molecule has 56 valence electrons. The summed E-state index contributed by atoms with van der Waals surface area (Å²) in [5.74, 6) is 0. The van der Waals surface area contributed by atoms with E-state index in [1.807, 2.05) is 38.2 Å². The van der Waals surface area contributed by atoms with Crippen molar-refractivity contribution < 1.29 is 0 Å². The van der Waals surface area contributed by atoms with Gasteiger partial charge < -0.3 is 4.90 Å². The molecular formula is C7H13N3. The third-order valence-electron chi connectivity index (χ3n) is 0.349. The van der Waals surface area contributed by atoms with Crippen LogP contribution in [0.4, 0.5) is 0 Å². The van der Waals surface area contributed by atoms with E-state index in [2.05, 4.69) is 0 Å². The molecule has 0 aromatic carbocycles. The number of hydrogen-bond donors (Lipinski definition) is 0. The summed E-state index contributed by atoms with van der Waals surface area (Å²) < 4.78 is 0. The van der Waals surface area contributed by atoms with E-state index in [-0.39, 0.29) is 0 Å². The third-order valence-corrected chi connectivity index (χ3v) is 0.349. The maximum absolute atomic E-state index is 7.80. The van der Waals surface area contributed by atoms with Gasteiger partial charge in [-0.25, -0.2) is 0 Å². The Bertz CT molecular complexity index is 110. The van der Waals surface area contributed by atoms with E-state index in [9.17, 15) is 0 Å². The van der Waals surface area contributed by atoms with Crippen LogP contribution < -0.4 is 0 Å². The lowest BCUT2D eigenvalue weighted by atomic mass is 10.4. The summed E-state index contributed by atoms with van der Waals surface area (Å²) in [6.45, 7) is 0. The molecule has 0 fully saturated rings. The van der Waals surface area contributed by atoms with Crippen LogP contribution >= 0.6 is 0 Å². The summed E-state index contributed by atoms with van der Waals surface area (Å²) in [6, 6.07) is 3.69. The van der Waals surface area contributed by atoms with Gasteiger partial charge in [0.1, 0.15) is 0 Å². The molecule has 0 bridgehead atoms. The number of nitrogens with zero attached hydrogens (tertiary/aromatic N) is 3. The molecule has 0 aliphatic heterocycles. The minimum Gasteiger partial charge on any atom is -0.312 e. The average molecular weight is 139 g/mol. The maximum atomic E-state index is 7.80. The molecule has 0 rings (SSSR count). The highest BCUT2D eigenvalue weighted by molar-refractivity contribution is 4.78. The van der Waals surface area contributed by atoms with Crippen molar-refractivity contribution in [3.8, 4) is 12.1 Å². The lowest BCUT2D eigenvalue weighted by Crippen LogP contribution is -1.99. The largest absolute Gasteiger partial charge is 0.312 e. The van der Waals surface area contributed by atoms with Gasteiger partial charge in [-0.15, -0.1) is 0 Å². The normalized spacial score (nSPS) is 7.00. The van der Waals surface area contributed by atoms with E-state index in [0.29, 0.717) is 12.8 Å². The summed E-state index contributed by atoms with van der Waals surface area (Å²) in [5, 5.41) is 15.6. The molecule has 0 aromatic rings. The first-order valence-electron chi connectivity index (χ1n) is 3.00. The van der Waals surface area contributed by atoms with Crippen molar-refractivity contribution in [3.63, 3.8) is 0 Å². The van der Waals surface area contributed by atoms with Gasteiger partial charge >= 0.3 is 0 Å². The van der Waals surface area contributed by atoms with E-state index in [1.54, 1.807) is 0 Å². The Morgan fingerprint density at radius 1 is 1.00 bits per heavy atom. The van der Waals surface area contributed by atoms with E-state index in [4.69, 9.17) is 10.5 Å². The predicted octanol–water partition coefficient (Wildman–Crippen LogP) is 0.992. The molecule has 0 radical (unpaired) electrons. The quantitative estimate of drug-likeness (QED) is 0.509. The fourth-order valence-electron chi connectivity index (χ4n) is 0.112. The van der Waals surface area contributed by atoms with Gasteiger partial charge in [0.2, 0.25) is 0 Å². The second-order valence-electron chi connectivity index (χ2n) is 2.16. The Hall–Kier alpha value is -1.06. The first-order chi connectivity index (χ1) is 4.65. The molecule has 10 heavy (non-hydrogen) atoms. The highest BCUT2D eigenvalue weighted by Crippen LogP contribution is 1.78. The molecule has 0 saturated heterocycles. The summed E-state index contributed by atoms with van der Waals surface area (Å²) >= 11 is 0. The first kappa shape index (κ1) is 11.7. The van der Waals surface area contributed by atoms with Crippen LogP contribution in [0, 0.1) is 22.7 Å². The van der Waals surface area contributed by atoms with Crippen molar-refractivity contribution in [1.29, 1.82) is 10.5 Å². The summed E-state index contributed by atoms with van der Waals surface area (Å²) in [5.41, 5.74) is 0. The Morgan fingerprint density at radius 2 is 1.20 bits per heavy atom. The van der Waals surface area contributed by atoms with Gasteiger partial charge in [-0.2, -0.15) is 10.5 Å². The zero-order valence-corrected chi connectivity index (χ0v) is 6.76. The van der Waals surface area contributed by atoms with Crippen molar-refractivity contribution in [3.05, 3.63) is 0 Å². The topological polar surface area (TPSA) is 50.8 Å². The highest BCUT2D eigenvalue weighted by atomic mass is 15.0. The van der Waals surface area contributed by atoms with Crippen LogP contribution in [0.1, 0.15) is 12.8 Å². The summed E-state index contributed by atoms with van der Waals surface area (Å²) in [6.07, 6.45) is 0.715. The van der Waals surface area contributed by atoms with Crippen LogP contribution in [-0.2, 0) is 0 Å². The Balaban J connectivity index is 0. The number of hydrogen-bond acceptors (Lipinski definition) is 3. The second kappa shape index (κ2) is 10.8. The molecule has 0 aliphatic carbocycles. The van der Waals surface area contributed by atoms with Crippen molar-refractivity contribution in [2.75, 3.05) is 21.1 Å². The van der Waals surface area contributed by atoms with Crippen LogP contribution in [0.15, 0.2) is 0 Å². The second-order valence-corrected chi connectivity index (χ2v) is 2.16. The molecule has 0 amide bonds. The summed E-state index contributed by atoms with van der Waals surface area (Å²) in [7, 11) is 6.00. The smallest absolute Gasteiger partial charge is 0.0632 e. The molecule has 0 atom stereocenters. The number of rotatable bonds is 1. The van der Waals surface area contributed by atoms with Gasteiger partial charge in [-0.3, -0.25) is 0 Å². The maximum Gasteiger partial charge on any atom is 0.0632 e. The van der Waals surface area contributed by atoms with E-state index >= 15 is 0 Å². The minimum absolute atomic E-state index is 0.358. The Kier molecular flexibility index (Phi) is 12.7. The predicted molar refractivity (Wildman–Crippen MR) is 40.1 cm³/mol. The monoisotopic (exact) mass is 139 g/mol. The molecule has 0 aliphatic rings. The number of nitriles is 2. The molecule has 0 aromatic heterocycles.